The smallest absolute Gasteiger partial charge is 0.397 e. The van der Waals surface area contributed by atoms with Crippen molar-refractivity contribution in [1.82, 2.24) is 10.6 Å². The van der Waals surface area contributed by atoms with E-state index in [9.17, 15) is 91.6 Å². The first-order valence-electron chi connectivity index (χ1n) is 17.4. The summed E-state index contributed by atoms with van der Waals surface area (Å²) >= 11 is 0. The molecule has 0 aromatic rings. The molecular weight excluding hydrogens is 892 g/mol. The van der Waals surface area contributed by atoms with Gasteiger partial charge in [0.2, 0.25) is 11.8 Å². The molecule has 0 radical (unpaired) electrons. The van der Waals surface area contributed by atoms with E-state index in [0.717, 1.165) is 13.8 Å². The summed E-state index contributed by atoms with van der Waals surface area (Å²) < 4.78 is 109. The molecule has 4 aliphatic heterocycles. The molecule has 31 nitrogen and oxygen atoms in total. The zero-order valence-electron chi connectivity index (χ0n) is 31.1. The third-order valence-corrected chi connectivity index (χ3v) is 10.2. The maximum absolute atomic E-state index is 12.6. The number of aliphatic hydroxyl groups excluding tert-OH is 8. The normalized spacial score (nSPS) is 42.3. The average Bonchev–Trinajstić information content (AvgIpc) is 3.13. The summed E-state index contributed by atoms with van der Waals surface area (Å²) in [4.78, 5) is 48.7. The lowest BCUT2D eigenvalue weighted by Crippen LogP contribution is -2.70. The molecule has 0 aromatic carbocycles. The van der Waals surface area contributed by atoms with Crippen LogP contribution in [0.5, 0.6) is 0 Å². The van der Waals surface area contributed by atoms with Crippen LogP contribution in [-0.2, 0) is 81.5 Å². The Morgan fingerprint density at radius 1 is 0.508 bits per heavy atom. The van der Waals surface area contributed by atoms with E-state index in [1.165, 1.54) is 0 Å². The summed E-state index contributed by atoms with van der Waals surface area (Å²) in [5.41, 5.74) is 0. The number of carboxylic acid groups (broad SMARTS) is 2. The number of carbonyl (C=O) groups excluding carboxylic acids is 2. The number of rotatable bonds is 16. The van der Waals surface area contributed by atoms with Crippen molar-refractivity contribution in [3.05, 3.63) is 0 Å². The number of amides is 2. The van der Waals surface area contributed by atoms with Crippen molar-refractivity contribution in [1.29, 1.82) is 0 Å². The fourth-order valence-corrected chi connectivity index (χ4v) is 7.19. The summed E-state index contributed by atoms with van der Waals surface area (Å²) in [5.74, 6) is -5.82. The molecule has 20 atom stereocenters. The van der Waals surface area contributed by atoms with Crippen LogP contribution in [-0.4, -0.2) is 237 Å². The molecule has 61 heavy (non-hydrogen) atoms. The molecule has 0 aliphatic carbocycles. The molecule has 4 fully saturated rings. The third-order valence-electron chi connectivity index (χ3n) is 9.34. The Balaban J connectivity index is 1.68. The Hall–Kier alpha value is -2.98. The minimum Gasteiger partial charge on any atom is -0.479 e. The lowest BCUT2D eigenvalue weighted by molar-refractivity contribution is -0.368. The van der Waals surface area contributed by atoms with E-state index in [0.29, 0.717) is 0 Å². The quantitative estimate of drug-likeness (QED) is 0.0639. The van der Waals surface area contributed by atoms with E-state index in [4.69, 9.17) is 37.7 Å². The van der Waals surface area contributed by atoms with E-state index in [2.05, 4.69) is 19.0 Å². The van der Waals surface area contributed by atoms with Crippen LogP contribution in [0.25, 0.3) is 0 Å². The van der Waals surface area contributed by atoms with Gasteiger partial charge >= 0.3 is 32.7 Å². The van der Waals surface area contributed by atoms with Crippen LogP contribution in [0.15, 0.2) is 0 Å². The fraction of sp³-hybridized carbons (Fsp3) is 0.857. The van der Waals surface area contributed by atoms with Crippen molar-refractivity contribution in [2.75, 3.05) is 13.2 Å². The first kappa shape index (κ1) is 50.7. The maximum Gasteiger partial charge on any atom is 0.397 e. The van der Waals surface area contributed by atoms with Crippen LogP contribution in [0.3, 0.4) is 0 Å². The molecular formula is C28H44N2O29S2. The highest BCUT2D eigenvalue weighted by Crippen LogP contribution is 2.35. The molecule has 352 valence electrons. The summed E-state index contributed by atoms with van der Waals surface area (Å²) in [6.45, 7) is -0.729. The zero-order valence-corrected chi connectivity index (χ0v) is 32.7. The lowest BCUT2D eigenvalue weighted by atomic mass is 9.94. The van der Waals surface area contributed by atoms with Gasteiger partial charge in [-0.25, -0.2) is 18.0 Å². The molecule has 0 bridgehead atoms. The molecule has 4 rings (SSSR count). The van der Waals surface area contributed by atoms with Gasteiger partial charge in [0.15, 0.2) is 37.4 Å². The Morgan fingerprint density at radius 3 is 1.38 bits per heavy atom. The van der Waals surface area contributed by atoms with Crippen LogP contribution in [0.2, 0.25) is 0 Å². The number of aliphatic carboxylic acids is 2. The van der Waals surface area contributed by atoms with Crippen LogP contribution in [0.1, 0.15) is 13.8 Å². The molecule has 14 N–H and O–H groups in total. The van der Waals surface area contributed by atoms with Crippen molar-refractivity contribution >= 4 is 44.6 Å². The highest BCUT2D eigenvalue weighted by molar-refractivity contribution is 7.81. The Labute approximate surface area is 342 Å². The third kappa shape index (κ3) is 12.6. The SMILES string of the molecule is CC(=O)N[C@@H]1C(O)OC(COS(=O)(=O)O)[C@H](O)[C@@H]1OC1OC(C(=O)O)[C@@H](OC2OC(COS(=O)(=O)O)[C@H](O)[C@H](O[C@@H]3OC(C(=O)O)[C@@H](O)[C@H](O)C3O)[C@@H]2NC(C)=O)[C@H](O)[C@@H]1O. The van der Waals surface area contributed by atoms with Gasteiger partial charge in [0.1, 0.15) is 85.3 Å². The van der Waals surface area contributed by atoms with E-state index < -0.39 is 180 Å². The second-order valence-electron chi connectivity index (χ2n) is 13.7. The van der Waals surface area contributed by atoms with E-state index in [1.807, 2.05) is 0 Å². The largest absolute Gasteiger partial charge is 0.479 e. The lowest BCUT2D eigenvalue weighted by Gasteiger charge is -2.49. The van der Waals surface area contributed by atoms with Crippen molar-refractivity contribution in [2.45, 2.75) is 137 Å². The minimum absolute atomic E-state index is 0.861. The average molecular weight is 937 g/mol. The predicted octanol–water partition coefficient (Wildman–Crippen LogP) is -9.62. The van der Waals surface area contributed by atoms with Gasteiger partial charge in [0, 0.05) is 13.8 Å². The predicted molar refractivity (Wildman–Crippen MR) is 179 cm³/mol. The van der Waals surface area contributed by atoms with Gasteiger partial charge in [-0.3, -0.25) is 18.7 Å². The number of nitrogens with one attached hydrogen (secondary N) is 2. The standard InChI is InChI=1S/C28H44N2O29S2/c1-5(31)29-9-18(11(33)7(53-25(9)44)3-51-60(45,46)47)55-28-17(39)15(37)20(22(59-28)24(42)43)57-26-10(30-6(2)32)19(12(34)8(54-26)4-52-61(48,49)50)56-27-16(38)13(35)14(36)21(58-27)23(40)41/h7-22,25-28,33-39,44H,3-4H2,1-2H3,(H,29,31)(H,30,32)(H,40,41)(H,42,43)(H,45,46,47)(H,48,49,50)/t7?,8?,9-,10-,11-,12-,13-,14-,15+,16?,17-,18+,19+,20-,21?,22?,25?,26?,27+,28?/m0/s1. The molecule has 0 aromatic heterocycles. The first-order valence-corrected chi connectivity index (χ1v) is 20.1. The Morgan fingerprint density at radius 2 is 0.918 bits per heavy atom. The van der Waals surface area contributed by atoms with Crippen molar-refractivity contribution in [3.63, 3.8) is 0 Å². The number of carbonyl (C=O) groups is 4. The zero-order chi connectivity index (χ0) is 46.0. The molecule has 8 unspecified atom stereocenters. The number of ether oxygens (including phenoxy) is 7. The highest BCUT2D eigenvalue weighted by Gasteiger charge is 2.57. The van der Waals surface area contributed by atoms with Crippen molar-refractivity contribution < 1.29 is 138 Å². The van der Waals surface area contributed by atoms with Gasteiger partial charge in [0.25, 0.3) is 0 Å². The van der Waals surface area contributed by atoms with Gasteiger partial charge in [-0.15, -0.1) is 0 Å². The first-order chi connectivity index (χ1) is 28.1. The molecule has 4 heterocycles. The molecule has 2 amide bonds. The number of hydrogen-bond donors (Lipinski definition) is 14. The summed E-state index contributed by atoms with van der Waals surface area (Å²) in [5, 5.41) is 110. The maximum atomic E-state index is 12.6. The molecule has 4 aliphatic rings. The van der Waals surface area contributed by atoms with E-state index in [1.54, 1.807) is 0 Å². The minimum atomic E-state index is -5.32. The van der Waals surface area contributed by atoms with Gasteiger partial charge < -0.3 is 94.9 Å². The second kappa shape index (κ2) is 20.2. The van der Waals surface area contributed by atoms with Crippen LogP contribution in [0.4, 0.5) is 0 Å². The van der Waals surface area contributed by atoms with Crippen molar-refractivity contribution in [2.24, 2.45) is 0 Å². The highest BCUT2D eigenvalue weighted by atomic mass is 32.3. The van der Waals surface area contributed by atoms with E-state index >= 15 is 0 Å². The summed E-state index contributed by atoms with van der Waals surface area (Å²) in [7, 11) is -10.5. The Bertz CT molecular complexity index is 1790. The van der Waals surface area contributed by atoms with Crippen LogP contribution >= 0.6 is 0 Å². The van der Waals surface area contributed by atoms with Gasteiger partial charge in [-0.2, -0.15) is 16.8 Å². The van der Waals surface area contributed by atoms with Gasteiger partial charge in [-0.05, 0) is 0 Å². The van der Waals surface area contributed by atoms with Crippen LogP contribution in [0, 0.1) is 0 Å². The van der Waals surface area contributed by atoms with Crippen molar-refractivity contribution in [3.8, 4) is 0 Å². The monoisotopic (exact) mass is 936 g/mol. The van der Waals surface area contributed by atoms with Gasteiger partial charge in [-0.1, -0.05) is 0 Å². The van der Waals surface area contributed by atoms with Gasteiger partial charge in [0.05, 0.1) is 13.2 Å². The Kier molecular flexibility index (Phi) is 16.8. The number of aliphatic hydroxyl groups is 8. The molecule has 0 saturated carbocycles. The number of hydrogen-bond acceptors (Lipinski definition) is 25. The molecule has 33 heteroatoms. The topological polar surface area (TPSA) is 486 Å². The summed E-state index contributed by atoms with van der Waals surface area (Å²) in [6, 6.07) is -3.83. The molecule has 0 spiro atoms. The summed E-state index contributed by atoms with van der Waals surface area (Å²) in [6.07, 6.45) is -40.8. The fourth-order valence-electron chi connectivity index (χ4n) is 6.58. The van der Waals surface area contributed by atoms with Crippen LogP contribution < -0.4 is 10.6 Å². The number of carboxylic acids is 2. The second-order valence-corrected chi connectivity index (χ2v) is 15.9. The van der Waals surface area contributed by atoms with E-state index in [-0.39, 0.29) is 0 Å². The molecule has 4 saturated heterocycles.